The predicted octanol–water partition coefficient (Wildman–Crippen LogP) is 4.91. The lowest BCUT2D eigenvalue weighted by atomic mass is 9.91. The van der Waals surface area contributed by atoms with Crippen molar-refractivity contribution in [2.75, 3.05) is 57.3 Å². The minimum atomic E-state index is -0.937. The fourth-order valence-corrected chi connectivity index (χ4v) is 10.0. The van der Waals surface area contributed by atoms with E-state index >= 15 is 8.78 Å². The number of halogens is 3. The molecule has 7 heterocycles. The number of aromatic hydroxyl groups is 1. The molecule has 2 aromatic heterocycles. The van der Waals surface area contributed by atoms with Crippen LogP contribution in [-0.2, 0) is 7.05 Å². The van der Waals surface area contributed by atoms with Crippen LogP contribution < -0.4 is 15.0 Å². The highest BCUT2D eigenvalue weighted by molar-refractivity contribution is 6.18. The molecule has 0 unspecified atom stereocenters. The topological polar surface area (TPSA) is 107 Å². The fourth-order valence-electron chi connectivity index (χ4n) is 10.0. The van der Waals surface area contributed by atoms with Gasteiger partial charge in [-0.15, -0.1) is 6.42 Å². The predicted molar refractivity (Wildman–Crippen MR) is 201 cm³/mol. The van der Waals surface area contributed by atoms with Crippen molar-refractivity contribution in [3.05, 3.63) is 47.7 Å². The van der Waals surface area contributed by atoms with Crippen molar-refractivity contribution in [3.8, 4) is 35.2 Å². The van der Waals surface area contributed by atoms with Gasteiger partial charge in [-0.3, -0.25) is 19.5 Å². The number of hydrogen-bond donors (Lipinski definition) is 2. The number of fused-ring (bicyclic) bond motifs is 7. The molecule has 278 valence electrons. The third kappa shape index (κ3) is 5.19. The Balaban J connectivity index is 1.16. The Labute approximate surface area is 309 Å². The molecule has 5 aliphatic rings. The van der Waals surface area contributed by atoms with E-state index in [4.69, 9.17) is 26.2 Å². The van der Waals surface area contributed by atoms with Gasteiger partial charge >= 0.3 is 6.01 Å². The number of amidine groups is 1. The van der Waals surface area contributed by atoms with E-state index in [1.165, 1.54) is 24.3 Å². The number of piperazine rings is 1. The number of terminal acetylenes is 1. The summed E-state index contributed by atoms with van der Waals surface area (Å²) >= 11 is 0. The van der Waals surface area contributed by atoms with E-state index in [9.17, 15) is 9.50 Å². The summed E-state index contributed by atoms with van der Waals surface area (Å²) in [6, 6.07) is 6.08. The molecule has 14 heteroatoms. The highest BCUT2D eigenvalue weighted by atomic mass is 19.1. The Hall–Kier alpha value is -5.13. The van der Waals surface area contributed by atoms with Crippen LogP contribution in [0.5, 0.6) is 11.8 Å². The second-order valence-corrected chi connectivity index (χ2v) is 15.5. The van der Waals surface area contributed by atoms with Crippen LogP contribution in [0.15, 0.2) is 35.5 Å². The molecule has 2 bridgehead atoms. The van der Waals surface area contributed by atoms with Gasteiger partial charge in [0.2, 0.25) is 0 Å². The number of phenols is 1. The molecule has 3 aromatic carbocycles. The van der Waals surface area contributed by atoms with Crippen LogP contribution >= 0.6 is 0 Å². The van der Waals surface area contributed by atoms with E-state index in [0.29, 0.717) is 53.5 Å². The lowest BCUT2D eigenvalue weighted by molar-refractivity contribution is 0.107. The molecule has 0 aliphatic carbocycles. The zero-order valence-corrected chi connectivity index (χ0v) is 30.0. The molecule has 4 fully saturated rings. The Kier molecular flexibility index (Phi) is 7.72. The SMILES string of the molecule is C#Cc1c(F)ccc2cc(O)cc(-c3c(F)c4nc(OC[C@@]56CCCN5C[C@H](F)C6)nc(N5C[C@H]6CC[C@@H](C5)N6CC5=NCCN5)c4c4cn(C)nc34)c12. The van der Waals surface area contributed by atoms with Crippen LogP contribution in [0, 0.1) is 24.0 Å². The van der Waals surface area contributed by atoms with E-state index in [1.54, 1.807) is 11.7 Å². The van der Waals surface area contributed by atoms with Gasteiger partial charge in [0.15, 0.2) is 5.82 Å². The van der Waals surface area contributed by atoms with Gasteiger partial charge in [0.1, 0.15) is 47.0 Å². The zero-order chi connectivity index (χ0) is 36.9. The van der Waals surface area contributed by atoms with E-state index in [2.05, 4.69) is 30.9 Å². The Morgan fingerprint density at radius 1 is 1.09 bits per heavy atom. The average Bonchev–Trinajstić information content (AvgIpc) is 3.98. The number of phenolic OH excluding ortho intramolecular Hbond substituents is 1. The maximum absolute atomic E-state index is 17.8. The van der Waals surface area contributed by atoms with Crippen molar-refractivity contribution in [2.45, 2.75) is 55.9 Å². The molecular weight excluding hydrogens is 695 g/mol. The average molecular weight is 736 g/mol. The van der Waals surface area contributed by atoms with Gasteiger partial charge in [0.25, 0.3) is 0 Å². The smallest absolute Gasteiger partial charge is 0.319 e. The maximum atomic E-state index is 17.8. The first-order chi connectivity index (χ1) is 26.2. The van der Waals surface area contributed by atoms with Crippen LogP contribution in [0.4, 0.5) is 19.0 Å². The number of nitrogens with zero attached hydrogens (tertiary/aromatic N) is 8. The molecule has 0 amide bonds. The van der Waals surface area contributed by atoms with Crippen molar-refractivity contribution in [1.82, 2.24) is 34.9 Å². The number of rotatable bonds is 7. The van der Waals surface area contributed by atoms with Gasteiger partial charge in [0, 0.05) is 74.3 Å². The molecule has 5 aliphatic heterocycles. The van der Waals surface area contributed by atoms with Gasteiger partial charge in [-0.2, -0.15) is 15.1 Å². The summed E-state index contributed by atoms with van der Waals surface area (Å²) in [5.41, 5.74) is 0.0192. The minimum Gasteiger partial charge on any atom is -0.508 e. The third-order valence-corrected chi connectivity index (χ3v) is 12.3. The number of ether oxygens (including phenoxy) is 1. The van der Waals surface area contributed by atoms with Crippen molar-refractivity contribution in [3.63, 3.8) is 0 Å². The van der Waals surface area contributed by atoms with Crippen LogP contribution in [0.2, 0.25) is 0 Å². The minimum absolute atomic E-state index is 0.00420. The Morgan fingerprint density at radius 3 is 2.70 bits per heavy atom. The monoisotopic (exact) mass is 735 g/mol. The number of aromatic nitrogens is 4. The molecule has 10 rings (SSSR count). The zero-order valence-electron chi connectivity index (χ0n) is 30.0. The van der Waals surface area contributed by atoms with Crippen molar-refractivity contribution >= 4 is 44.2 Å². The number of aliphatic imine (C=N–C) groups is 1. The van der Waals surface area contributed by atoms with Crippen LogP contribution in [0.3, 0.4) is 0 Å². The van der Waals surface area contributed by atoms with Gasteiger partial charge in [-0.25, -0.2) is 13.2 Å². The standard InChI is InChI=1S/C40H40F3N9O2/c1-3-27-30(42)8-5-22-13-26(53)14-28(32(22)27)33-35(43)37-34(29-19-49(2)48-36(29)33)38(47-39(46-37)54-21-40-9-4-12-51(40)16-23(41)15-40)50-17-24-6-7-25(18-50)52(24)20-31-44-10-11-45-31/h1,5,8,13-14,19,23-25,53H,4,6-7,9-12,15-18,20-21H2,2H3,(H,44,45)/t23-,24-,25+,40+/m1/s1. The third-order valence-electron chi connectivity index (χ3n) is 12.3. The lowest BCUT2D eigenvalue weighted by Crippen LogP contribution is -2.56. The maximum Gasteiger partial charge on any atom is 0.319 e. The summed E-state index contributed by atoms with van der Waals surface area (Å²) in [5, 5.41) is 20.8. The van der Waals surface area contributed by atoms with E-state index in [1.807, 2.05) is 6.20 Å². The number of benzene rings is 3. The number of hydrogen-bond acceptors (Lipinski definition) is 10. The molecule has 0 radical (unpaired) electrons. The van der Waals surface area contributed by atoms with Crippen LogP contribution in [0.25, 0.3) is 43.7 Å². The van der Waals surface area contributed by atoms with Gasteiger partial charge in [-0.1, -0.05) is 12.0 Å². The molecule has 54 heavy (non-hydrogen) atoms. The van der Waals surface area contributed by atoms with Gasteiger partial charge < -0.3 is 20.1 Å². The summed E-state index contributed by atoms with van der Waals surface area (Å²) in [5.74, 6) is 2.50. The van der Waals surface area contributed by atoms with Crippen molar-refractivity contribution in [1.29, 1.82) is 0 Å². The fraction of sp³-hybridized carbons (Fsp3) is 0.450. The van der Waals surface area contributed by atoms with Gasteiger partial charge in [-0.05, 0) is 61.4 Å². The van der Waals surface area contributed by atoms with Crippen molar-refractivity contribution in [2.24, 2.45) is 12.0 Å². The summed E-state index contributed by atoms with van der Waals surface area (Å²) < 4.78 is 55.8. The highest BCUT2D eigenvalue weighted by Gasteiger charge is 2.49. The summed E-state index contributed by atoms with van der Waals surface area (Å²) in [4.78, 5) is 21.4. The Bertz CT molecular complexity index is 2430. The van der Waals surface area contributed by atoms with Crippen LogP contribution in [0.1, 0.15) is 37.7 Å². The van der Waals surface area contributed by atoms with Crippen molar-refractivity contribution < 1.29 is 23.0 Å². The lowest BCUT2D eigenvalue weighted by Gasteiger charge is -2.41. The first kappa shape index (κ1) is 33.4. The first-order valence-corrected chi connectivity index (χ1v) is 18.8. The normalized spacial score (nSPS) is 25.5. The number of nitrogens with one attached hydrogen (secondary N) is 1. The summed E-state index contributed by atoms with van der Waals surface area (Å²) in [6.07, 6.45) is 10.9. The number of anilines is 1. The largest absolute Gasteiger partial charge is 0.508 e. The Morgan fingerprint density at radius 2 is 1.93 bits per heavy atom. The van der Waals surface area contributed by atoms with E-state index in [0.717, 1.165) is 57.7 Å². The molecule has 2 N–H and O–H groups in total. The molecule has 4 atom stereocenters. The van der Waals surface area contributed by atoms with E-state index in [-0.39, 0.29) is 58.0 Å². The molecule has 5 aromatic rings. The molecule has 0 saturated carbocycles. The van der Waals surface area contributed by atoms with E-state index < -0.39 is 23.3 Å². The second-order valence-electron chi connectivity index (χ2n) is 15.5. The quantitative estimate of drug-likeness (QED) is 0.226. The molecule has 0 spiro atoms. The molecular formula is C40H40F3N9O2. The summed E-state index contributed by atoms with van der Waals surface area (Å²) in [6.45, 7) is 5.08. The van der Waals surface area contributed by atoms with Gasteiger partial charge in [0.05, 0.1) is 29.6 Å². The first-order valence-electron chi connectivity index (χ1n) is 18.8. The van der Waals surface area contributed by atoms with Crippen LogP contribution in [-0.4, -0.2) is 117 Å². The molecule has 4 saturated heterocycles. The second kappa shape index (κ2) is 12.5. The molecule has 11 nitrogen and oxygen atoms in total. The highest BCUT2D eigenvalue weighted by Crippen LogP contribution is 2.46. The summed E-state index contributed by atoms with van der Waals surface area (Å²) in [7, 11) is 1.75. The number of alkyl halides is 1. The number of aryl methyl sites for hydroxylation is 1.